The van der Waals surface area contributed by atoms with Crippen molar-refractivity contribution in [2.75, 3.05) is 89.4 Å². The molecule has 2 saturated heterocycles. The fourth-order valence-electron chi connectivity index (χ4n) is 4.14. The summed E-state index contributed by atoms with van der Waals surface area (Å²) in [5.41, 5.74) is 8.02. The number of benzene rings is 1. The summed E-state index contributed by atoms with van der Waals surface area (Å²) in [6.45, 7) is 11.0. The molecule has 4 heterocycles. The minimum atomic E-state index is 0.517. The number of aromatic nitrogens is 3. The number of nitrogens with two attached hydrogens (primary N) is 1. The highest BCUT2D eigenvalue weighted by atomic mass is 35.5. The van der Waals surface area contributed by atoms with E-state index >= 15 is 0 Å². The number of nitrogens with zero attached hydrogens (tertiary/aromatic N) is 5. The van der Waals surface area contributed by atoms with Gasteiger partial charge in [0.25, 0.3) is 0 Å². The van der Waals surface area contributed by atoms with Gasteiger partial charge < -0.3 is 25.8 Å². The van der Waals surface area contributed by atoms with Crippen molar-refractivity contribution in [1.29, 1.82) is 0 Å². The van der Waals surface area contributed by atoms with Crippen molar-refractivity contribution in [2.45, 2.75) is 0 Å². The van der Waals surface area contributed by atoms with Crippen molar-refractivity contribution in [2.24, 2.45) is 5.73 Å². The van der Waals surface area contributed by atoms with Gasteiger partial charge in [-0.15, -0.1) is 0 Å². The van der Waals surface area contributed by atoms with E-state index in [1.807, 2.05) is 42.5 Å². The van der Waals surface area contributed by atoms with E-state index in [2.05, 4.69) is 35.4 Å². The molecule has 5 rings (SSSR count). The van der Waals surface area contributed by atoms with Gasteiger partial charge >= 0.3 is 0 Å². The molecule has 2 aliphatic rings. The van der Waals surface area contributed by atoms with Gasteiger partial charge in [0.2, 0.25) is 5.95 Å². The fourth-order valence-corrected chi connectivity index (χ4v) is 4.33. The topological polar surface area (TPSA) is 114 Å². The molecule has 204 valence electrons. The van der Waals surface area contributed by atoms with E-state index in [0.717, 1.165) is 102 Å². The summed E-state index contributed by atoms with van der Waals surface area (Å²) in [6.07, 6.45) is 3.53. The van der Waals surface area contributed by atoms with Gasteiger partial charge in [0.05, 0.1) is 32.1 Å². The second-order valence-electron chi connectivity index (χ2n) is 8.95. The monoisotopic (exact) mass is 540 g/mol. The molecule has 1 aromatic carbocycles. The van der Waals surface area contributed by atoms with E-state index in [1.165, 1.54) is 0 Å². The van der Waals surface area contributed by atoms with Crippen LogP contribution in [0.2, 0.25) is 5.02 Å². The lowest BCUT2D eigenvalue weighted by Crippen LogP contribution is -2.39. The lowest BCUT2D eigenvalue weighted by Gasteiger charge is -2.26. The SMILES string of the molecule is Clc1cccc(Nc2nccc(-c3ccnc(NCCN4CCOCC4)c3)n2)c1.NCCN1CCOCC1. The van der Waals surface area contributed by atoms with E-state index in [-0.39, 0.29) is 0 Å². The summed E-state index contributed by atoms with van der Waals surface area (Å²) in [7, 11) is 0. The van der Waals surface area contributed by atoms with Gasteiger partial charge in [-0.1, -0.05) is 17.7 Å². The number of halogens is 1. The molecule has 38 heavy (non-hydrogen) atoms. The average molecular weight is 541 g/mol. The second-order valence-corrected chi connectivity index (χ2v) is 9.39. The lowest BCUT2D eigenvalue weighted by atomic mass is 10.2. The van der Waals surface area contributed by atoms with Gasteiger partial charge in [0.15, 0.2) is 0 Å². The smallest absolute Gasteiger partial charge is 0.227 e. The first-order valence-corrected chi connectivity index (χ1v) is 13.4. The number of ether oxygens (including phenoxy) is 2. The minimum Gasteiger partial charge on any atom is -0.379 e. The Morgan fingerprint density at radius 2 is 1.58 bits per heavy atom. The summed E-state index contributed by atoms with van der Waals surface area (Å²) in [4.78, 5) is 18.1. The third-order valence-electron chi connectivity index (χ3n) is 6.18. The quantitative estimate of drug-likeness (QED) is 0.374. The molecule has 0 radical (unpaired) electrons. The zero-order valence-corrected chi connectivity index (χ0v) is 22.4. The minimum absolute atomic E-state index is 0.517. The summed E-state index contributed by atoms with van der Waals surface area (Å²) < 4.78 is 10.5. The number of rotatable bonds is 9. The Morgan fingerprint density at radius 1 is 0.868 bits per heavy atom. The van der Waals surface area contributed by atoms with Crippen molar-refractivity contribution in [3.8, 4) is 11.3 Å². The molecule has 0 aliphatic carbocycles. The van der Waals surface area contributed by atoms with Crippen molar-refractivity contribution < 1.29 is 9.47 Å². The molecule has 3 aromatic rings. The van der Waals surface area contributed by atoms with Crippen LogP contribution in [0.1, 0.15) is 0 Å². The zero-order chi connectivity index (χ0) is 26.4. The van der Waals surface area contributed by atoms with Crippen LogP contribution in [0.3, 0.4) is 0 Å². The molecule has 2 aromatic heterocycles. The van der Waals surface area contributed by atoms with E-state index in [4.69, 9.17) is 26.8 Å². The molecule has 11 heteroatoms. The Kier molecular flexibility index (Phi) is 11.5. The standard InChI is InChI=1S/C21H23ClN6O.C6H14N2O/c22-17-2-1-3-18(15-17)26-21-25-7-5-19(27-21)16-4-6-23-20(14-16)24-8-9-28-10-12-29-13-11-28;7-1-2-8-3-5-9-6-4-8/h1-7,14-15H,8-13H2,(H,23,24)(H,25,26,27);1-7H2. The Morgan fingerprint density at radius 3 is 2.29 bits per heavy atom. The lowest BCUT2D eigenvalue weighted by molar-refractivity contribution is 0.0394. The summed E-state index contributed by atoms with van der Waals surface area (Å²) in [5.74, 6) is 1.35. The van der Waals surface area contributed by atoms with Crippen molar-refractivity contribution in [3.05, 3.63) is 59.9 Å². The Hall–Kier alpha value is -2.86. The molecule has 0 amide bonds. The first kappa shape index (κ1) is 28.2. The van der Waals surface area contributed by atoms with Crippen molar-refractivity contribution in [3.63, 3.8) is 0 Å². The summed E-state index contributed by atoms with van der Waals surface area (Å²) in [5, 5.41) is 7.24. The van der Waals surface area contributed by atoms with Crippen LogP contribution >= 0.6 is 11.6 Å². The van der Waals surface area contributed by atoms with Gasteiger partial charge in [-0.05, 0) is 36.4 Å². The van der Waals surface area contributed by atoms with Gasteiger partial charge in [-0.2, -0.15) is 0 Å². The van der Waals surface area contributed by atoms with Gasteiger partial charge in [-0.25, -0.2) is 15.0 Å². The van der Waals surface area contributed by atoms with Crippen LogP contribution in [0.4, 0.5) is 17.5 Å². The van der Waals surface area contributed by atoms with Crippen LogP contribution in [0, 0.1) is 0 Å². The van der Waals surface area contributed by atoms with Crippen molar-refractivity contribution in [1.82, 2.24) is 24.8 Å². The molecule has 0 spiro atoms. The highest BCUT2D eigenvalue weighted by Crippen LogP contribution is 2.22. The average Bonchev–Trinajstić information content (AvgIpc) is 2.95. The number of hydrogen-bond acceptors (Lipinski definition) is 10. The van der Waals surface area contributed by atoms with E-state index in [1.54, 1.807) is 12.4 Å². The Balaban J connectivity index is 0.000000317. The molecule has 0 atom stereocenters. The van der Waals surface area contributed by atoms with Crippen LogP contribution < -0.4 is 16.4 Å². The second kappa shape index (κ2) is 15.5. The molecule has 0 saturated carbocycles. The number of anilines is 3. The van der Waals surface area contributed by atoms with Crippen LogP contribution in [0.25, 0.3) is 11.3 Å². The van der Waals surface area contributed by atoms with E-state index in [0.29, 0.717) is 11.0 Å². The summed E-state index contributed by atoms with van der Waals surface area (Å²) >= 11 is 6.04. The van der Waals surface area contributed by atoms with Crippen LogP contribution in [-0.4, -0.2) is 104 Å². The van der Waals surface area contributed by atoms with Crippen LogP contribution in [-0.2, 0) is 9.47 Å². The van der Waals surface area contributed by atoms with Crippen LogP contribution in [0.15, 0.2) is 54.9 Å². The molecule has 0 unspecified atom stereocenters. The van der Waals surface area contributed by atoms with Gasteiger partial charge in [0.1, 0.15) is 5.82 Å². The highest BCUT2D eigenvalue weighted by molar-refractivity contribution is 6.30. The van der Waals surface area contributed by atoms with E-state index in [9.17, 15) is 0 Å². The predicted octanol–water partition coefficient (Wildman–Crippen LogP) is 2.96. The largest absolute Gasteiger partial charge is 0.379 e. The van der Waals surface area contributed by atoms with Gasteiger partial charge in [-0.3, -0.25) is 9.80 Å². The third-order valence-corrected chi connectivity index (χ3v) is 6.41. The van der Waals surface area contributed by atoms with E-state index < -0.39 is 0 Å². The number of pyridine rings is 1. The molecule has 2 aliphatic heterocycles. The molecule has 10 nitrogen and oxygen atoms in total. The number of nitrogens with one attached hydrogen (secondary N) is 2. The predicted molar refractivity (Wildman–Crippen MR) is 152 cm³/mol. The molecular weight excluding hydrogens is 504 g/mol. The maximum absolute atomic E-state index is 6.04. The molecular formula is C27H37ClN8O2. The normalized spacial score (nSPS) is 16.4. The highest BCUT2D eigenvalue weighted by Gasteiger charge is 2.10. The third kappa shape index (κ3) is 9.46. The number of morpholine rings is 2. The fraction of sp³-hybridized carbons (Fsp3) is 0.444. The van der Waals surface area contributed by atoms with Crippen molar-refractivity contribution >= 4 is 29.1 Å². The maximum atomic E-state index is 6.04. The maximum Gasteiger partial charge on any atom is 0.227 e. The van der Waals surface area contributed by atoms with Gasteiger partial charge in [0, 0.05) is 81.0 Å². The summed E-state index contributed by atoms with van der Waals surface area (Å²) in [6, 6.07) is 13.3. The zero-order valence-electron chi connectivity index (χ0n) is 21.7. The number of hydrogen-bond donors (Lipinski definition) is 3. The molecule has 4 N–H and O–H groups in total. The van der Waals surface area contributed by atoms with Crippen LogP contribution in [0.5, 0.6) is 0 Å². The first-order chi connectivity index (χ1) is 18.7. The molecule has 2 fully saturated rings. The first-order valence-electron chi connectivity index (χ1n) is 13.1. The Bertz CT molecular complexity index is 1110. The molecule has 0 bridgehead atoms. The Labute approximate surface area is 229 Å².